The quantitative estimate of drug-likeness (QED) is 0.317. The summed E-state index contributed by atoms with van der Waals surface area (Å²) in [6.07, 6.45) is 3.68. The van der Waals surface area contributed by atoms with Gasteiger partial charge in [0.2, 0.25) is 0 Å². The summed E-state index contributed by atoms with van der Waals surface area (Å²) in [5.74, 6) is 0.413. The minimum absolute atomic E-state index is 0.101. The zero-order valence-corrected chi connectivity index (χ0v) is 14.8. The number of methoxy groups -OCH3 is 1. The van der Waals surface area contributed by atoms with E-state index in [1.54, 1.807) is 24.3 Å². The number of nitro benzene ring substituents is 1. The molecule has 2 rings (SSSR count). The van der Waals surface area contributed by atoms with E-state index in [9.17, 15) is 14.9 Å². The maximum atomic E-state index is 11.9. The highest BCUT2D eigenvalue weighted by Gasteiger charge is 2.11. The van der Waals surface area contributed by atoms with Crippen molar-refractivity contribution < 1.29 is 19.2 Å². The molecule has 0 aliphatic rings. The van der Waals surface area contributed by atoms with Gasteiger partial charge < -0.3 is 9.47 Å². The zero-order valence-electron chi connectivity index (χ0n) is 14.8. The summed E-state index contributed by atoms with van der Waals surface area (Å²) in [5, 5.41) is 14.6. The summed E-state index contributed by atoms with van der Waals surface area (Å²) in [5.41, 5.74) is 3.45. The van der Waals surface area contributed by atoms with Gasteiger partial charge in [0.05, 0.1) is 23.8 Å². The average Bonchev–Trinajstić information content (AvgIpc) is 2.67. The van der Waals surface area contributed by atoms with Crippen molar-refractivity contribution in [2.24, 2.45) is 5.10 Å². The lowest BCUT2D eigenvalue weighted by molar-refractivity contribution is -0.385. The molecule has 27 heavy (non-hydrogen) atoms. The van der Waals surface area contributed by atoms with Crippen molar-refractivity contribution >= 4 is 17.8 Å². The van der Waals surface area contributed by atoms with Gasteiger partial charge >= 0.3 is 0 Å². The molecule has 8 nitrogen and oxygen atoms in total. The Bertz CT molecular complexity index is 864. The molecular weight excluding hydrogens is 350 g/mol. The number of hydrazone groups is 1. The number of ether oxygens (including phenoxy) is 2. The molecule has 0 fully saturated rings. The first-order chi connectivity index (χ1) is 13.0. The third-order valence-corrected chi connectivity index (χ3v) is 3.49. The van der Waals surface area contributed by atoms with Gasteiger partial charge in [0.15, 0.2) is 18.1 Å². The minimum atomic E-state index is -0.519. The average molecular weight is 369 g/mol. The normalized spacial score (nSPS) is 10.4. The second-order valence-corrected chi connectivity index (χ2v) is 5.38. The molecule has 140 valence electrons. The van der Waals surface area contributed by atoms with Crippen molar-refractivity contribution in [2.45, 2.75) is 6.42 Å². The number of rotatable bonds is 9. The molecule has 0 aliphatic carbocycles. The van der Waals surface area contributed by atoms with Crippen molar-refractivity contribution in [3.05, 3.63) is 76.4 Å². The van der Waals surface area contributed by atoms with Crippen LogP contribution < -0.4 is 14.9 Å². The Kier molecular flexibility index (Phi) is 7.07. The number of carbonyl (C=O) groups is 1. The Hall–Kier alpha value is -3.68. The van der Waals surface area contributed by atoms with Crippen LogP contribution in [0.15, 0.2) is 60.2 Å². The first-order valence-electron chi connectivity index (χ1n) is 8.01. The number of hydrogen-bond acceptors (Lipinski definition) is 6. The largest absolute Gasteiger partial charge is 0.493 e. The first-order valence-corrected chi connectivity index (χ1v) is 8.01. The summed E-state index contributed by atoms with van der Waals surface area (Å²) in [6.45, 7) is 3.40. The maximum absolute atomic E-state index is 11.9. The van der Waals surface area contributed by atoms with E-state index < -0.39 is 10.8 Å². The Morgan fingerprint density at radius 1 is 1.30 bits per heavy atom. The highest BCUT2D eigenvalue weighted by molar-refractivity contribution is 5.86. The van der Waals surface area contributed by atoms with E-state index in [4.69, 9.17) is 9.47 Å². The molecule has 0 heterocycles. The fourth-order valence-corrected chi connectivity index (χ4v) is 2.24. The number of nitrogens with one attached hydrogen (secondary N) is 1. The number of benzene rings is 2. The molecule has 1 amide bonds. The molecule has 8 heteroatoms. The summed E-state index contributed by atoms with van der Waals surface area (Å²) in [4.78, 5) is 22.3. The highest BCUT2D eigenvalue weighted by atomic mass is 16.6. The van der Waals surface area contributed by atoms with Gasteiger partial charge in [0.1, 0.15) is 0 Å². The molecule has 0 aromatic heterocycles. The van der Waals surface area contributed by atoms with Gasteiger partial charge in [0.25, 0.3) is 11.6 Å². The molecule has 0 unspecified atom stereocenters. The lowest BCUT2D eigenvalue weighted by Gasteiger charge is -2.11. The summed E-state index contributed by atoms with van der Waals surface area (Å²) < 4.78 is 10.7. The number of allylic oxidation sites excluding steroid dienone is 1. The van der Waals surface area contributed by atoms with Crippen LogP contribution in [0.1, 0.15) is 11.1 Å². The number of hydrogen-bond donors (Lipinski definition) is 1. The second kappa shape index (κ2) is 9.71. The van der Waals surface area contributed by atoms with E-state index in [0.29, 0.717) is 17.9 Å². The van der Waals surface area contributed by atoms with E-state index >= 15 is 0 Å². The molecular formula is C19H19N3O5. The molecule has 0 spiro atoms. The van der Waals surface area contributed by atoms with E-state index in [2.05, 4.69) is 17.1 Å². The summed E-state index contributed by atoms with van der Waals surface area (Å²) in [7, 11) is 1.51. The van der Waals surface area contributed by atoms with Crippen LogP contribution in [0.3, 0.4) is 0 Å². The Labute approximate surface area is 156 Å². The van der Waals surface area contributed by atoms with Crippen LogP contribution >= 0.6 is 0 Å². The van der Waals surface area contributed by atoms with Crippen LogP contribution in [0.2, 0.25) is 0 Å². The smallest absolute Gasteiger partial charge is 0.278 e. The third kappa shape index (κ3) is 5.67. The van der Waals surface area contributed by atoms with E-state index in [1.165, 1.54) is 25.5 Å². The van der Waals surface area contributed by atoms with Crippen LogP contribution in [-0.2, 0) is 11.2 Å². The summed E-state index contributed by atoms with van der Waals surface area (Å²) in [6, 6.07) is 11.4. The number of nitrogens with zero attached hydrogens (tertiary/aromatic N) is 2. The maximum Gasteiger partial charge on any atom is 0.278 e. The Morgan fingerprint density at radius 3 is 2.78 bits per heavy atom. The molecule has 0 radical (unpaired) electrons. The van der Waals surface area contributed by atoms with Crippen molar-refractivity contribution in [1.29, 1.82) is 0 Å². The van der Waals surface area contributed by atoms with Crippen molar-refractivity contribution in [3.63, 3.8) is 0 Å². The lowest BCUT2D eigenvalue weighted by atomic mass is 10.1. The topological polar surface area (TPSA) is 103 Å². The summed E-state index contributed by atoms with van der Waals surface area (Å²) >= 11 is 0. The first kappa shape index (κ1) is 19.6. The van der Waals surface area contributed by atoms with Gasteiger partial charge in [-0.25, -0.2) is 5.43 Å². The second-order valence-electron chi connectivity index (χ2n) is 5.38. The van der Waals surface area contributed by atoms with Crippen molar-refractivity contribution in [1.82, 2.24) is 5.43 Å². The number of carbonyl (C=O) groups excluding carboxylic acids is 1. The van der Waals surface area contributed by atoms with Crippen LogP contribution in [-0.4, -0.2) is 30.8 Å². The molecule has 0 atom stereocenters. The van der Waals surface area contributed by atoms with Crippen molar-refractivity contribution in [2.75, 3.05) is 13.7 Å². The lowest BCUT2D eigenvalue weighted by Crippen LogP contribution is -2.24. The third-order valence-electron chi connectivity index (χ3n) is 3.49. The van der Waals surface area contributed by atoms with Crippen LogP contribution in [0.5, 0.6) is 11.5 Å². The van der Waals surface area contributed by atoms with Crippen LogP contribution in [0.25, 0.3) is 0 Å². The molecule has 0 saturated carbocycles. The monoisotopic (exact) mass is 369 g/mol. The van der Waals surface area contributed by atoms with Gasteiger partial charge in [-0.1, -0.05) is 24.3 Å². The molecule has 2 aromatic carbocycles. The number of nitro groups is 1. The van der Waals surface area contributed by atoms with E-state index in [-0.39, 0.29) is 17.9 Å². The van der Waals surface area contributed by atoms with Gasteiger partial charge in [-0.3, -0.25) is 14.9 Å². The van der Waals surface area contributed by atoms with Gasteiger partial charge in [-0.2, -0.15) is 5.10 Å². The molecule has 0 saturated heterocycles. The standard InChI is InChI=1S/C19H19N3O5/c1-3-6-14-9-10-17(18(11-14)26-2)27-13-19(23)21-20-12-15-7-4-5-8-16(15)22(24)25/h3-5,7-12H,1,6,13H2,2H3,(H,21,23). The molecule has 0 aliphatic heterocycles. The van der Waals surface area contributed by atoms with E-state index in [1.807, 2.05) is 12.1 Å². The fraction of sp³-hybridized carbons (Fsp3) is 0.158. The van der Waals surface area contributed by atoms with Gasteiger partial charge in [-0.05, 0) is 30.2 Å². The van der Waals surface area contributed by atoms with Gasteiger partial charge in [0, 0.05) is 6.07 Å². The molecule has 2 aromatic rings. The Balaban J connectivity index is 1.93. The molecule has 0 bridgehead atoms. The predicted molar refractivity (Wildman–Crippen MR) is 101 cm³/mol. The number of amides is 1. The van der Waals surface area contributed by atoms with Crippen molar-refractivity contribution in [3.8, 4) is 11.5 Å². The highest BCUT2D eigenvalue weighted by Crippen LogP contribution is 2.28. The van der Waals surface area contributed by atoms with Crippen LogP contribution in [0, 0.1) is 10.1 Å². The zero-order chi connectivity index (χ0) is 19.6. The van der Waals surface area contributed by atoms with Crippen LogP contribution in [0.4, 0.5) is 5.69 Å². The predicted octanol–water partition coefficient (Wildman–Crippen LogP) is 2.86. The minimum Gasteiger partial charge on any atom is -0.493 e. The number of para-hydroxylation sites is 1. The SMILES string of the molecule is C=CCc1ccc(OCC(=O)NN=Cc2ccccc2[N+](=O)[O-])c(OC)c1. The van der Waals surface area contributed by atoms with Gasteiger partial charge in [-0.15, -0.1) is 6.58 Å². The fourth-order valence-electron chi connectivity index (χ4n) is 2.24. The van der Waals surface area contributed by atoms with E-state index in [0.717, 1.165) is 5.56 Å². The molecule has 1 N–H and O–H groups in total. The Morgan fingerprint density at radius 2 is 2.07 bits per heavy atom.